The van der Waals surface area contributed by atoms with Crippen molar-refractivity contribution in [2.24, 2.45) is 0 Å². The van der Waals surface area contributed by atoms with Gasteiger partial charge in [-0.3, -0.25) is 0 Å². The summed E-state index contributed by atoms with van der Waals surface area (Å²) in [5, 5.41) is 2.89. The topological polar surface area (TPSA) is 38.3 Å². The first-order valence-corrected chi connectivity index (χ1v) is 9.05. The van der Waals surface area contributed by atoms with Gasteiger partial charge in [0.25, 0.3) is 0 Å². The van der Waals surface area contributed by atoms with Gasteiger partial charge in [-0.05, 0) is 61.9 Å². The summed E-state index contributed by atoms with van der Waals surface area (Å²) in [5.74, 6) is 0. The lowest BCUT2D eigenvalue weighted by molar-refractivity contribution is 0.136. The molecule has 3 nitrogen and oxygen atoms in total. The smallest absolute Gasteiger partial charge is 0.407 e. The van der Waals surface area contributed by atoms with Crippen molar-refractivity contribution in [2.45, 2.75) is 45.8 Å². The largest absolute Gasteiger partial charge is 0.445 e. The number of ether oxygens (including phenoxy) is 1. The van der Waals surface area contributed by atoms with E-state index in [1.54, 1.807) is 0 Å². The summed E-state index contributed by atoms with van der Waals surface area (Å²) in [5.41, 5.74) is 3.57. The average molecular weight is 390 g/mol. The second-order valence-electron chi connectivity index (χ2n) is 6.14. The molecule has 0 aliphatic rings. The van der Waals surface area contributed by atoms with Crippen LogP contribution in [0.3, 0.4) is 0 Å². The van der Waals surface area contributed by atoms with Crippen molar-refractivity contribution in [1.29, 1.82) is 0 Å². The summed E-state index contributed by atoms with van der Waals surface area (Å²) in [4.78, 5) is 11.8. The van der Waals surface area contributed by atoms with Gasteiger partial charge in [0.1, 0.15) is 6.61 Å². The fraction of sp³-hybridized carbons (Fsp3) is 0.350. The highest BCUT2D eigenvalue weighted by Crippen LogP contribution is 2.17. The molecule has 24 heavy (non-hydrogen) atoms. The Labute approximate surface area is 152 Å². The number of carbonyl (C=O) groups is 1. The molecule has 0 fully saturated rings. The molecule has 0 unspecified atom stereocenters. The molecule has 2 rings (SSSR count). The van der Waals surface area contributed by atoms with Crippen LogP contribution < -0.4 is 5.32 Å². The highest BCUT2D eigenvalue weighted by atomic mass is 79.9. The van der Waals surface area contributed by atoms with Crippen molar-refractivity contribution >= 4 is 22.0 Å². The first-order valence-electron chi connectivity index (χ1n) is 8.26. The quantitative estimate of drug-likeness (QED) is 0.688. The van der Waals surface area contributed by atoms with Crippen LogP contribution in [0.1, 0.15) is 36.5 Å². The number of benzene rings is 2. The third kappa shape index (κ3) is 6.75. The van der Waals surface area contributed by atoms with E-state index < -0.39 is 0 Å². The molecule has 0 aliphatic heterocycles. The van der Waals surface area contributed by atoms with Crippen molar-refractivity contribution in [2.75, 3.05) is 0 Å². The highest BCUT2D eigenvalue weighted by molar-refractivity contribution is 9.10. The Morgan fingerprint density at radius 2 is 1.92 bits per heavy atom. The lowest BCUT2D eigenvalue weighted by Crippen LogP contribution is -2.33. The Kier molecular flexibility index (Phi) is 7.32. The first-order chi connectivity index (χ1) is 11.5. The first kappa shape index (κ1) is 18.5. The van der Waals surface area contributed by atoms with E-state index in [-0.39, 0.29) is 12.1 Å². The van der Waals surface area contributed by atoms with Crippen LogP contribution in [0.2, 0.25) is 0 Å². The number of aryl methyl sites for hydroxylation is 2. The van der Waals surface area contributed by atoms with Crippen LogP contribution in [0.25, 0.3) is 0 Å². The zero-order valence-corrected chi connectivity index (χ0v) is 15.8. The molecule has 0 spiro atoms. The summed E-state index contributed by atoms with van der Waals surface area (Å²) < 4.78 is 6.36. The van der Waals surface area contributed by atoms with Gasteiger partial charge in [0.2, 0.25) is 0 Å². The Morgan fingerprint density at radius 1 is 1.17 bits per heavy atom. The third-order valence-electron chi connectivity index (χ3n) is 3.78. The summed E-state index contributed by atoms with van der Waals surface area (Å²) in [6.45, 7) is 4.41. The molecule has 1 atom stereocenters. The van der Waals surface area contributed by atoms with Crippen LogP contribution in [-0.4, -0.2) is 12.1 Å². The molecule has 0 aromatic heterocycles. The molecule has 0 saturated carbocycles. The molecule has 0 bridgehead atoms. The summed E-state index contributed by atoms with van der Waals surface area (Å²) in [6, 6.07) is 16.3. The monoisotopic (exact) mass is 389 g/mol. The third-order valence-corrected chi connectivity index (χ3v) is 4.24. The molecule has 4 heteroatoms. The molecule has 1 N–H and O–H groups in total. The number of rotatable bonds is 7. The van der Waals surface area contributed by atoms with E-state index in [2.05, 4.69) is 46.4 Å². The minimum atomic E-state index is -0.357. The van der Waals surface area contributed by atoms with E-state index in [4.69, 9.17) is 4.74 Å². The fourth-order valence-corrected chi connectivity index (χ4v) is 3.26. The number of alkyl carbamates (subject to hydrolysis) is 1. The lowest BCUT2D eigenvalue weighted by atomic mass is 10.0. The van der Waals surface area contributed by atoms with Crippen LogP contribution in [0.5, 0.6) is 0 Å². The fourth-order valence-electron chi connectivity index (χ4n) is 2.61. The van der Waals surface area contributed by atoms with E-state index >= 15 is 0 Å². The molecule has 1 amide bonds. The van der Waals surface area contributed by atoms with E-state index in [0.29, 0.717) is 6.61 Å². The van der Waals surface area contributed by atoms with E-state index in [1.807, 2.05) is 37.3 Å². The zero-order chi connectivity index (χ0) is 17.4. The van der Waals surface area contributed by atoms with Gasteiger partial charge in [-0.25, -0.2) is 4.79 Å². The lowest BCUT2D eigenvalue weighted by Gasteiger charge is -2.14. The van der Waals surface area contributed by atoms with Gasteiger partial charge in [0.15, 0.2) is 0 Å². The molecule has 128 valence electrons. The van der Waals surface area contributed by atoms with E-state index in [1.165, 1.54) is 11.1 Å². The maximum atomic E-state index is 11.8. The van der Waals surface area contributed by atoms with Crippen LogP contribution >= 0.6 is 15.9 Å². The van der Waals surface area contributed by atoms with E-state index in [0.717, 1.165) is 29.3 Å². The van der Waals surface area contributed by atoms with Gasteiger partial charge in [0.05, 0.1) is 0 Å². The highest BCUT2D eigenvalue weighted by Gasteiger charge is 2.08. The molecule has 0 radical (unpaired) electrons. The molecular formula is C20H24BrNO2. The van der Waals surface area contributed by atoms with Gasteiger partial charge in [-0.15, -0.1) is 0 Å². The zero-order valence-electron chi connectivity index (χ0n) is 14.2. The molecule has 2 aromatic carbocycles. The number of hydrogen-bond donors (Lipinski definition) is 1. The number of carbonyl (C=O) groups excluding carboxylic acids is 1. The molecular weight excluding hydrogens is 366 g/mol. The van der Waals surface area contributed by atoms with Crippen molar-refractivity contribution in [1.82, 2.24) is 5.32 Å². The molecule has 0 saturated heterocycles. The number of nitrogens with one attached hydrogen (secondary N) is 1. The van der Waals surface area contributed by atoms with Crippen LogP contribution in [0, 0.1) is 6.92 Å². The van der Waals surface area contributed by atoms with Crippen LogP contribution in [0.15, 0.2) is 53.0 Å². The maximum absolute atomic E-state index is 11.8. The number of halogens is 1. The maximum Gasteiger partial charge on any atom is 0.407 e. The number of amides is 1. The second-order valence-corrected chi connectivity index (χ2v) is 7.05. The number of hydrogen-bond acceptors (Lipinski definition) is 2. The van der Waals surface area contributed by atoms with Gasteiger partial charge in [-0.1, -0.05) is 52.3 Å². The standard InChI is InChI=1S/C20H24BrNO2/c1-15-11-18(13-19(21)12-15)10-6-7-16(2)22-20(23)24-14-17-8-4-3-5-9-17/h3-5,8-9,11-13,16H,6-7,10,14H2,1-2H3,(H,22,23)/t16-/m0/s1. The Bertz CT molecular complexity index is 638. The normalized spacial score (nSPS) is 11.8. The minimum Gasteiger partial charge on any atom is -0.445 e. The van der Waals surface area contributed by atoms with Gasteiger partial charge in [0, 0.05) is 10.5 Å². The summed E-state index contributed by atoms with van der Waals surface area (Å²) in [6.07, 6.45) is 2.59. The van der Waals surface area contributed by atoms with Crippen molar-refractivity contribution < 1.29 is 9.53 Å². The SMILES string of the molecule is Cc1cc(Br)cc(CCC[C@H](C)NC(=O)OCc2ccccc2)c1. The van der Waals surface area contributed by atoms with Crippen LogP contribution in [-0.2, 0) is 17.8 Å². The molecule has 0 aliphatic carbocycles. The van der Waals surface area contributed by atoms with Crippen molar-refractivity contribution in [3.63, 3.8) is 0 Å². The molecule has 2 aromatic rings. The summed E-state index contributed by atoms with van der Waals surface area (Å²) >= 11 is 3.53. The van der Waals surface area contributed by atoms with Gasteiger partial charge in [-0.2, -0.15) is 0 Å². The minimum absolute atomic E-state index is 0.0986. The predicted octanol–water partition coefficient (Wildman–Crippen LogP) is 5.40. The summed E-state index contributed by atoms with van der Waals surface area (Å²) in [7, 11) is 0. The van der Waals surface area contributed by atoms with E-state index in [9.17, 15) is 4.79 Å². The Morgan fingerprint density at radius 3 is 2.62 bits per heavy atom. The van der Waals surface area contributed by atoms with Crippen LogP contribution in [0.4, 0.5) is 4.79 Å². The van der Waals surface area contributed by atoms with Gasteiger partial charge >= 0.3 is 6.09 Å². The Balaban J connectivity index is 1.67. The second kappa shape index (κ2) is 9.48. The Hall–Kier alpha value is -1.81. The van der Waals surface area contributed by atoms with Gasteiger partial charge < -0.3 is 10.1 Å². The van der Waals surface area contributed by atoms with Crippen molar-refractivity contribution in [3.05, 3.63) is 69.7 Å². The van der Waals surface area contributed by atoms with Crippen molar-refractivity contribution in [3.8, 4) is 0 Å². The molecule has 0 heterocycles. The average Bonchev–Trinajstić information content (AvgIpc) is 2.53. The predicted molar refractivity (Wildman–Crippen MR) is 101 cm³/mol.